The lowest BCUT2D eigenvalue weighted by molar-refractivity contribution is -0.116. The van der Waals surface area contributed by atoms with Crippen molar-refractivity contribution in [2.24, 2.45) is 0 Å². The third kappa shape index (κ3) is 3.96. The molecule has 1 aliphatic heterocycles. The lowest BCUT2D eigenvalue weighted by Gasteiger charge is -2.17. The van der Waals surface area contributed by atoms with Crippen molar-refractivity contribution >= 4 is 23.2 Å². The van der Waals surface area contributed by atoms with Crippen LogP contribution in [0.3, 0.4) is 0 Å². The van der Waals surface area contributed by atoms with Crippen LogP contribution in [0.2, 0.25) is 0 Å². The van der Waals surface area contributed by atoms with Gasteiger partial charge in [-0.3, -0.25) is 9.59 Å². The van der Waals surface area contributed by atoms with E-state index < -0.39 is 0 Å². The maximum Gasteiger partial charge on any atom is 0.258 e. The van der Waals surface area contributed by atoms with Gasteiger partial charge in [0, 0.05) is 29.9 Å². The largest absolute Gasteiger partial charge is 0.326 e. The molecular formula is C24H22N2O2. The van der Waals surface area contributed by atoms with Crippen molar-refractivity contribution in [2.45, 2.75) is 19.3 Å². The van der Waals surface area contributed by atoms with Gasteiger partial charge in [0.15, 0.2) is 0 Å². The molecule has 1 aliphatic rings. The molecule has 1 N–H and O–H groups in total. The van der Waals surface area contributed by atoms with Crippen molar-refractivity contribution < 1.29 is 9.59 Å². The lowest BCUT2D eigenvalue weighted by Crippen LogP contribution is -2.28. The van der Waals surface area contributed by atoms with Gasteiger partial charge in [-0.05, 0) is 54.3 Å². The maximum atomic E-state index is 12.7. The number of amides is 2. The molecule has 3 aromatic rings. The molecule has 0 radical (unpaired) electrons. The molecule has 28 heavy (non-hydrogen) atoms. The number of carbonyl (C=O) groups is 2. The highest BCUT2D eigenvalue weighted by molar-refractivity contribution is 6.07. The van der Waals surface area contributed by atoms with Gasteiger partial charge in [-0.25, -0.2) is 0 Å². The van der Waals surface area contributed by atoms with Crippen LogP contribution in [0.15, 0.2) is 78.9 Å². The first-order valence-electron chi connectivity index (χ1n) is 9.54. The van der Waals surface area contributed by atoms with Crippen LogP contribution in [0.1, 0.15) is 27.9 Å². The van der Waals surface area contributed by atoms with Crippen molar-refractivity contribution in [3.63, 3.8) is 0 Å². The summed E-state index contributed by atoms with van der Waals surface area (Å²) in [4.78, 5) is 26.8. The highest BCUT2D eigenvalue weighted by Gasteiger charge is 2.25. The highest BCUT2D eigenvalue weighted by atomic mass is 16.2. The summed E-state index contributed by atoms with van der Waals surface area (Å²) in [6.45, 7) is 0.661. The molecule has 3 aromatic carbocycles. The van der Waals surface area contributed by atoms with E-state index in [2.05, 4.69) is 5.32 Å². The molecule has 1 heterocycles. The number of benzene rings is 3. The van der Waals surface area contributed by atoms with Crippen LogP contribution < -0.4 is 10.2 Å². The summed E-state index contributed by atoms with van der Waals surface area (Å²) in [6.07, 6.45) is 1.96. The number of nitrogens with zero attached hydrogens (tertiary/aromatic N) is 1. The zero-order chi connectivity index (χ0) is 19.3. The second kappa shape index (κ2) is 8.09. The first-order valence-corrected chi connectivity index (χ1v) is 9.54. The minimum atomic E-state index is -0.000909. The van der Waals surface area contributed by atoms with Crippen molar-refractivity contribution in [1.29, 1.82) is 0 Å². The van der Waals surface area contributed by atoms with Crippen LogP contribution in [-0.4, -0.2) is 18.4 Å². The van der Waals surface area contributed by atoms with Crippen LogP contribution in [0.25, 0.3) is 0 Å². The topological polar surface area (TPSA) is 49.4 Å². The summed E-state index contributed by atoms with van der Waals surface area (Å²) < 4.78 is 0. The lowest BCUT2D eigenvalue weighted by atomic mass is 10.1. The van der Waals surface area contributed by atoms with E-state index in [0.717, 1.165) is 35.3 Å². The molecule has 0 bridgehead atoms. The molecule has 4 nitrogen and oxygen atoms in total. The Balaban J connectivity index is 1.41. The fourth-order valence-electron chi connectivity index (χ4n) is 3.55. The Morgan fingerprint density at radius 3 is 2.36 bits per heavy atom. The van der Waals surface area contributed by atoms with Crippen LogP contribution in [-0.2, 0) is 17.6 Å². The fraction of sp³-hybridized carbons (Fsp3) is 0.167. The number of fused-ring (bicyclic) bond motifs is 1. The van der Waals surface area contributed by atoms with Gasteiger partial charge >= 0.3 is 0 Å². The number of nitrogens with one attached hydrogen (secondary N) is 1. The molecule has 4 rings (SSSR count). The molecule has 0 saturated carbocycles. The van der Waals surface area contributed by atoms with Crippen molar-refractivity contribution in [3.05, 3.63) is 95.6 Å². The highest BCUT2D eigenvalue weighted by Crippen LogP contribution is 2.31. The Bertz CT molecular complexity index is 984. The Kier molecular flexibility index (Phi) is 5.20. The Morgan fingerprint density at radius 2 is 1.61 bits per heavy atom. The zero-order valence-electron chi connectivity index (χ0n) is 15.6. The average molecular weight is 370 g/mol. The Morgan fingerprint density at radius 1 is 0.893 bits per heavy atom. The summed E-state index contributed by atoms with van der Waals surface area (Å²) in [5, 5.41) is 2.98. The summed E-state index contributed by atoms with van der Waals surface area (Å²) in [5.41, 5.74) is 4.64. The van der Waals surface area contributed by atoms with Gasteiger partial charge in [0.2, 0.25) is 5.91 Å². The normalized spacial score (nSPS) is 12.5. The number of anilines is 2. The first kappa shape index (κ1) is 18.0. The van der Waals surface area contributed by atoms with Gasteiger partial charge in [-0.2, -0.15) is 0 Å². The SMILES string of the molecule is O=C(CCc1ccccc1)Nc1ccc2c(c1)CCN2C(=O)c1ccccc1. The van der Waals surface area contributed by atoms with Crippen molar-refractivity contribution in [2.75, 3.05) is 16.8 Å². The second-order valence-electron chi connectivity index (χ2n) is 6.95. The smallest absolute Gasteiger partial charge is 0.258 e. The number of hydrogen-bond acceptors (Lipinski definition) is 2. The predicted octanol–water partition coefficient (Wildman–Crippen LogP) is 4.46. The number of hydrogen-bond donors (Lipinski definition) is 1. The molecule has 0 spiro atoms. The standard InChI is InChI=1S/C24H22N2O2/c27-23(14-11-18-7-3-1-4-8-18)25-21-12-13-22-20(17-21)15-16-26(22)24(28)19-9-5-2-6-10-19/h1-10,12-13,17H,11,14-16H2,(H,25,27). The van der Waals surface area contributed by atoms with Crippen molar-refractivity contribution in [3.8, 4) is 0 Å². The van der Waals surface area contributed by atoms with E-state index in [1.54, 1.807) is 0 Å². The zero-order valence-corrected chi connectivity index (χ0v) is 15.6. The van der Waals surface area contributed by atoms with Crippen LogP contribution >= 0.6 is 0 Å². The molecular weight excluding hydrogens is 348 g/mol. The van der Waals surface area contributed by atoms with Gasteiger partial charge in [0.05, 0.1) is 0 Å². The molecule has 0 saturated heterocycles. The quantitative estimate of drug-likeness (QED) is 0.721. The molecule has 0 atom stereocenters. The Hall–Kier alpha value is -3.40. The van der Waals surface area contributed by atoms with Gasteiger partial charge in [-0.15, -0.1) is 0 Å². The maximum absolute atomic E-state index is 12.7. The van der Waals surface area contributed by atoms with Crippen LogP contribution in [0.5, 0.6) is 0 Å². The minimum absolute atomic E-state index is 0.000909. The summed E-state index contributed by atoms with van der Waals surface area (Å²) >= 11 is 0. The molecule has 0 aliphatic carbocycles. The van der Waals surface area contributed by atoms with E-state index in [1.807, 2.05) is 83.8 Å². The Labute approximate surface area is 164 Å². The molecule has 2 amide bonds. The first-order chi connectivity index (χ1) is 13.7. The fourth-order valence-corrected chi connectivity index (χ4v) is 3.55. The van der Waals surface area contributed by atoms with E-state index in [9.17, 15) is 9.59 Å². The molecule has 0 aromatic heterocycles. The summed E-state index contributed by atoms with van der Waals surface area (Å²) in [5.74, 6) is 0.0121. The monoisotopic (exact) mass is 370 g/mol. The van der Waals surface area contributed by atoms with E-state index in [-0.39, 0.29) is 11.8 Å². The molecule has 140 valence electrons. The van der Waals surface area contributed by atoms with Gasteiger partial charge in [0.25, 0.3) is 5.91 Å². The third-order valence-electron chi connectivity index (χ3n) is 5.01. The number of aryl methyl sites for hydroxylation is 1. The minimum Gasteiger partial charge on any atom is -0.326 e. The molecule has 4 heteroatoms. The van der Waals surface area contributed by atoms with Gasteiger partial charge in [0.1, 0.15) is 0 Å². The van der Waals surface area contributed by atoms with E-state index in [1.165, 1.54) is 0 Å². The predicted molar refractivity (Wildman–Crippen MR) is 112 cm³/mol. The van der Waals surface area contributed by atoms with Crippen LogP contribution in [0, 0.1) is 0 Å². The van der Waals surface area contributed by atoms with E-state index >= 15 is 0 Å². The third-order valence-corrected chi connectivity index (χ3v) is 5.01. The van der Waals surface area contributed by atoms with E-state index in [4.69, 9.17) is 0 Å². The number of rotatable bonds is 5. The summed E-state index contributed by atoms with van der Waals surface area (Å²) in [6, 6.07) is 25.1. The van der Waals surface area contributed by atoms with Gasteiger partial charge < -0.3 is 10.2 Å². The molecule has 0 unspecified atom stereocenters. The average Bonchev–Trinajstić information content (AvgIpc) is 3.16. The summed E-state index contributed by atoms with van der Waals surface area (Å²) in [7, 11) is 0. The van der Waals surface area contributed by atoms with Crippen molar-refractivity contribution in [1.82, 2.24) is 0 Å². The second-order valence-corrected chi connectivity index (χ2v) is 6.95. The number of carbonyl (C=O) groups excluding carboxylic acids is 2. The molecule has 0 fully saturated rings. The van der Waals surface area contributed by atoms with E-state index in [0.29, 0.717) is 18.5 Å². The van der Waals surface area contributed by atoms with Crippen LogP contribution in [0.4, 0.5) is 11.4 Å². The van der Waals surface area contributed by atoms with Gasteiger partial charge in [-0.1, -0.05) is 48.5 Å².